The molecule has 1 saturated carbocycles. The summed E-state index contributed by atoms with van der Waals surface area (Å²) in [6.45, 7) is 7.92. The zero-order chi connectivity index (χ0) is 14.1. The first kappa shape index (κ1) is 13.8. The van der Waals surface area contributed by atoms with Crippen molar-refractivity contribution in [1.29, 1.82) is 0 Å². The van der Waals surface area contributed by atoms with Crippen molar-refractivity contribution in [3.05, 3.63) is 35.9 Å². The zero-order valence-electron chi connectivity index (χ0n) is 13.1. The lowest BCUT2D eigenvalue weighted by molar-refractivity contribution is 0.227. The molecule has 3 fully saturated rings. The number of benzene rings is 1. The van der Waals surface area contributed by atoms with E-state index in [0.717, 1.165) is 24.3 Å². The lowest BCUT2D eigenvalue weighted by Crippen LogP contribution is -2.31. The summed E-state index contributed by atoms with van der Waals surface area (Å²) in [5.41, 5.74) is 1.47. The van der Waals surface area contributed by atoms with E-state index in [4.69, 9.17) is 0 Å². The van der Waals surface area contributed by atoms with Crippen LogP contribution in [0.3, 0.4) is 0 Å². The highest BCUT2D eigenvalue weighted by molar-refractivity contribution is 5.15. The molecule has 21 heavy (non-hydrogen) atoms. The summed E-state index contributed by atoms with van der Waals surface area (Å²) in [6.07, 6.45) is 5.95. The predicted octanol–water partition coefficient (Wildman–Crippen LogP) is 3.24. The van der Waals surface area contributed by atoms with Gasteiger partial charge in [0.25, 0.3) is 0 Å². The Morgan fingerprint density at radius 1 is 0.810 bits per heavy atom. The molecule has 0 aromatic heterocycles. The smallest absolute Gasteiger partial charge is 0.0233 e. The van der Waals surface area contributed by atoms with E-state index in [2.05, 4.69) is 40.1 Å². The number of fused-ring (bicyclic) bond motifs is 1. The van der Waals surface area contributed by atoms with Gasteiger partial charge in [0.1, 0.15) is 0 Å². The Bertz CT molecular complexity index is 438. The maximum atomic E-state index is 2.78. The molecule has 0 N–H and O–H groups in total. The van der Waals surface area contributed by atoms with Crippen molar-refractivity contribution < 1.29 is 0 Å². The van der Waals surface area contributed by atoms with Gasteiger partial charge >= 0.3 is 0 Å². The Labute approximate surface area is 129 Å². The lowest BCUT2D eigenvalue weighted by Gasteiger charge is -2.23. The van der Waals surface area contributed by atoms with Gasteiger partial charge in [0.05, 0.1) is 0 Å². The molecular weight excluding hydrogens is 256 g/mol. The fourth-order valence-corrected chi connectivity index (χ4v) is 4.87. The average Bonchev–Trinajstić information content (AvgIpc) is 3.17. The maximum Gasteiger partial charge on any atom is 0.0233 e. The molecule has 1 aliphatic carbocycles. The number of hydrogen-bond donors (Lipinski definition) is 0. The van der Waals surface area contributed by atoms with Crippen LogP contribution in [0.4, 0.5) is 0 Å². The summed E-state index contributed by atoms with van der Waals surface area (Å²) >= 11 is 0. The first-order valence-corrected chi connectivity index (χ1v) is 8.85. The van der Waals surface area contributed by atoms with Gasteiger partial charge in [-0.05, 0) is 36.2 Å². The Balaban J connectivity index is 1.27. The second-order valence-electron chi connectivity index (χ2n) is 7.57. The Morgan fingerprint density at radius 3 is 2.10 bits per heavy atom. The molecule has 1 aromatic carbocycles. The van der Waals surface area contributed by atoms with Gasteiger partial charge in [-0.3, -0.25) is 4.90 Å². The molecular formula is C19H28N2. The number of nitrogens with zero attached hydrogens (tertiary/aromatic N) is 2. The van der Waals surface area contributed by atoms with E-state index >= 15 is 0 Å². The number of hydrogen-bond acceptors (Lipinski definition) is 2. The van der Waals surface area contributed by atoms with Gasteiger partial charge in [0.15, 0.2) is 0 Å². The number of rotatable bonds is 4. The van der Waals surface area contributed by atoms with Crippen molar-refractivity contribution >= 4 is 0 Å². The Morgan fingerprint density at radius 2 is 1.43 bits per heavy atom. The third-order valence-electron chi connectivity index (χ3n) is 5.88. The van der Waals surface area contributed by atoms with Gasteiger partial charge in [-0.25, -0.2) is 0 Å². The minimum atomic E-state index is 0.940. The fourth-order valence-electron chi connectivity index (χ4n) is 4.87. The van der Waals surface area contributed by atoms with Crippen molar-refractivity contribution in [3.63, 3.8) is 0 Å². The monoisotopic (exact) mass is 284 g/mol. The first-order valence-electron chi connectivity index (χ1n) is 8.85. The summed E-state index contributed by atoms with van der Waals surface area (Å²) in [4.78, 5) is 5.46. The van der Waals surface area contributed by atoms with Crippen molar-refractivity contribution in [3.8, 4) is 0 Å². The topological polar surface area (TPSA) is 6.48 Å². The van der Waals surface area contributed by atoms with Crippen LogP contribution in [0.15, 0.2) is 30.3 Å². The van der Waals surface area contributed by atoms with E-state index in [9.17, 15) is 0 Å². The third-order valence-corrected chi connectivity index (χ3v) is 5.88. The van der Waals surface area contributed by atoms with Crippen LogP contribution in [0, 0.1) is 17.8 Å². The molecule has 2 aliphatic heterocycles. The quantitative estimate of drug-likeness (QED) is 0.837. The molecule has 2 atom stereocenters. The van der Waals surface area contributed by atoms with E-state index in [1.54, 1.807) is 0 Å². The summed E-state index contributed by atoms with van der Waals surface area (Å²) < 4.78 is 0. The normalized spacial score (nSPS) is 31.0. The molecule has 114 valence electrons. The van der Waals surface area contributed by atoms with Crippen LogP contribution in [0.1, 0.15) is 31.2 Å². The van der Waals surface area contributed by atoms with Crippen molar-refractivity contribution in [2.45, 2.75) is 32.2 Å². The molecule has 0 radical (unpaired) electrons. The Hall–Kier alpha value is -0.860. The van der Waals surface area contributed by atoms with Crippen molar-refractivity contribution in [2.24, 2.45) is 17.8 Å². The van der Waals surface area contributed by atoms with E-state index in [1.165, 1.54) is 64.0 Å². The van der Waals surface area contributed by atoms with Gasteiger partial charge in [0.2, 0.25) is 0 Å². The standard InChI is InChI=1S/C19H28N2/c1-2-6-16(7-3-1)10-20-12-18-14-21(15-19(18)13-20)11-17-8-4-5-9-17/h1-3,6-7,17-19H,4-5,8-15H2. The zero-order valence-corrected chi connectivity index (χ0v) is 13.1. The highest BCUT2D eigenvalue weighted by Crippen LogP contribution is 2.34. The lowest BCUT2D eigenvalue weighted by atomic mass is 10.0. The van der Waals surface area contributed by atoms with Crippen LogP contribution < -0.4 is 0 Å². The SMILES string of the molecule is c1ccc(CN2CC3CN(CC4CCCC4)CC3C2)cc1. The van der Waals surface area contributed by atoms with Gasteiger partial charge in [-0.1, -0.05) is 43.2 Å². The Kier molecular flexibility index (Phi) is 4.00. The van der Waals surface area contributed by atoms with Crippen LogP contribution in [0.5, 0.6) is 0 Å². The molecule has 2 heterocycles. The molecule has 4 rings (SSSR count). The van der Waals surface area contributed by atoms with Crippen molar-refractivity contribution in [1.82, 2.24) is 9.80 Å². The molecule has 2 heteroatoms. The highest BCUT2D eigenvalue weighted by Gasteiger charge is 2.40. The average molecular weight is 284 g/mol. The maximum absolute atomic E-state index is 2.78. The third kappa shape index (κ3) is 3.17. The number of likely N-dealkylation sites (tertiary alicyclic amines) is 2. The minimum absolute atomic E-state index is 0.940. The minimum Gasteiger partial charge on any atom is -0.302 e. The van der Waals surface area contributed by atoms with Gasteiger partial charge < -0.3 is 4.90 Å². The van der Waals surface area contributed by atoms with Crippen LogP contribution in [0.25, 0.3) is 0 Å². The van der Waals surface area contributed by atoms with Crippen LogP contribution in [-0.4, -0.2) is 42.5 Å². The van der Waals surface area contributed by atoms with Crippen LogP contribution >= 0.6 is 0 Å². The van der Waals surface area contributed by atoms with E-state index in [-0.39, 0.29) is 0 Å². The second-order valence-corrected chi connectivity index (χ2v) is 7.57. The van der Waals surface area contributed by atoms with Crippen LogP contribution in [0.2, 0.25) is 0 Å². The predicted molar refractivity (Wildman–Crippen MR) is 87.1 cm³/mol. The molecule has 2 unspecified atom stereocenters. The molecule has 0 amide bonds. The van der Waals surface area contributed by atoms with E-state index < -0.39 is 0 Å². The van der Waals surface area contributed by atoms with Gasteiger partial charge in [-0.15, -0.1) is 0 Å². The van der Waals surface area contributed by atoms with Gasteiger partial charge in [-0.2, -0.15) is 0 Å². The largest absolute Gasteiger partial charge is 0.302 e. The molecule has 2 nitrogen and oxygen atoms in total. The summed E-state index contributed by atoms with van der Waals surface area (Å²) in [6, 6.07) is 11.0. The first-order chi connectivity index (χ1) is 10.4. The molecule has 3 aliphatic rings. The van der Waals surface area contributed by atoms with E-state index in [0.29, 0.717) is 0 Å². The highest BCUT2D eigenvalue weighted by atomic mass is 15.2. The second kappa shape index (κ2) is 6.10. The van der Waals surface area contributed by atoms with Gasteiger partial charge in [0, 0.05) is 39.3 Å². The summed E-state index contributed by atoms with van der Waals surface area (Å²) in [5.74, 6) is 2.90. The van der Waals surface area contributed by atoms with Crippen LogP contribution in [-0.2, 0) is 6.54 Å². The fraction of sp³-hybridized carbons (Fsp3) is 0.684. The summed E-state index contributed by atoms with van der Waals surface area (Å²) in [7, 11) is 0. The van der Waals surface area contributed by atoms with Crippen molar-refractivity contribution in [2.75, 3.05) is 32.7 Å². The molecule has 0 bridgehead atoms. The molecule has 2 saturated heterocycles. The van der Waals surface area contributed by atoms with E-state index in [1.807, 2.05) is 0 Å². The molecule has 0 spiro atoms. The molecule has 1 aromatic rings. The summed E-state index contributed by atoms with van der Waals surface area (Å²) in [5, 5.41) is 0.